The van der Waals surface area contributed by atoms with Gasteiger partial charge in [0.1, 0.15) is 0 Å². The van der Waals surface area contributed by atoms with E-state index >= 15 is 0 Å². The van der Waals surface area contributed by atoms with Gasteiger partial charge in [-0.1, -0.05) is 36.4 Å². The Kier molecular flexibility index (Phi) is 7.13. The number of aryl methyl sites for hydroxylation is 1. The van der Waals surface area contributed by atoms with Crippen LogP contribution in [-0.4, -0.2) is 55.8 Å². The monoisotopic (exact) mass is 421 g/mol. The smallest absolute Gasteiger partial charge is 0.248 e. The molecule has 1 fully saturated rings. The second-order valence-corrected chi connectivity index (χ2v) is 9.09. The van der Waals surface area contributed by atoms with Gasteiger partial charge in [0.15, 0.2) is 0 Å². The molecule has 158 valence electrons. The number of anilines is 1. The highest BCUT2D eigenvalue weighted by atomic mass is 32.2. The first-order chi connectivity index (χ1) is 14.7. The standard InChI is InChI=1S/C25H31N3OS/c1-20-8-2-4-10-23(20)28-16-14-27(15-17-28)13-7-6-12-26-25(29)22-18-21-9-3-5-11-24(21)30-19-22/h2-5,8-11,18H,6-7,12-17,19H2,1H3,(H,26,29). The number of fused-ring (bicyclic) bond motifs is 1. The number of piperazine rings is 1. The van der Waals surface area contributed by atoms with Crippen LogP contribution in [0.4, 0.5) is 5.69 Å². The lowest BCUT2D eigenvalue weighted by molar-refractivity contribution is -0.117. The van der Waals surface area contributed by atoms with Crippen molar-refractivity contribution < 1.29 is 4.79 Å². The first kappa shape index (κ1) is 21.0. The van der Waals surface area contributed by atoms with Gasteiger partial charge in [-0.3, -0.25) is 9.69 Å². The van der Waals surface area contributed by atoms with Crippen LogP contribution >= 0.6 is 11.8 Å². The summed E-state index contributed by atoms with van der Waals surface area (Å²) >= 11 is 1.75. The zero-order valence-electron chi connectivity index (χ0n) is 17.8. The van der Waals surface area contributed by atoms with Crippen molar-refractivity contribution in [2.24, 2.45) is 0 Å². The summed E-state index contributed by atoms with van der Waals surface area (Å²) < 4.78 is 0. The van der Waals surface area contributed by atoms with Crippen LogP contribution in [0.15, 0.2) is 59.0 Å². The quantitative estimate of drug-likeness (QED) is 0.680. The number of nitrogens with one attached hydrogen (secondary N) is 1. The minimum atomic E-state index is 0.0869. The third kappa shape index (κ3) is 5.27. The van der Waals surface area contributed by atoms with Gasteiger partial charge in [-0.05, 0) is 55.6 Å². The Morgan fingerprint density at radius 2 is 1.77 bits per heavy atom. The van der Waals surface area contributed by atoms with Gasteiger partial charge in [0, 0.05) is 54.6 Å². The number of thioether (sulfide) groups is 1. The molecule has 1 saturated heterocycles. The van der Waals surface area contributed by atoms with Gasteiger partial charge >= 0.3 is 0 Å². The molecule has 2 aliphatic rings. The molecule has 2 heterocycles. The molecule has 2 aromatic carbocycles. The van der Waals surface area contributed by atoms with Gasteiger partial charge in [0.25, 0.3) is 0 Å². The van der Waals surface area contributed by atoms with E-state index < -0.39 is 0 Å². The predicted molar refractivity (Wildman–Crippen MR) is 127 cm³/mol. The van der Waals surface area contributed by atoms with Crippen molar-refractivity contribution in [3.05, 3.63) is 65.2 Å². The number of amides is 1. The fourth-order valence-electron chi connectivity index (χ4n) is 4.15. The van der Waals surface area contributed by atoms with Gasteiger partial charge in [-0.2, -0.15) is 0 Å². The zero-order valence-corrected chi connectivity index (χ0v) is 18.6. The van der Waals surface area contributed by atoms with Crippen LogP contribution in [0.3, 0.4) is 0 Å². The van der Waals surface area contributed by atoms with Crippen molar-refractivity contribution in [1.82, 2.24) is 10.2 Å². The average molecular weight is 422 g/mol. The SMILES string of the molecule is Cc1ccccc1N1CCN(CCCCNC(=O)C2=Cc3ccccc3SC2)CC1. The lowest BCUT2D eigenvalue weighted by atomic mass is 10.1. The molecule has 30 heavy (non-hydrogen) atoms. The van der Waals surface area contributed by atoms with Crippen molar-refractivity contribution in [3.63, 3.8) is 0 Å². The lowest BCUT2D eigenvalue weighted by Crippen LogP contribution is -2.46. The van der Waals surface area contributed by atoms with Crippen molar-refractivity contribution >= 4 is 29.4 Å². The molecule has 0 radical (unpaired) electrons. The largest absolute Gasteiger partial charge is 0.369 e. The molecule has 0 atom stereocenters. The summed E-state index contributed by atoms with van der Waals surface area (Å²) in [6.45, 7) is 8.48. The van der Waals surface area contributed by atoms with Gasteiger partial charge in [-0.25, -0.2) is 0 Å². The molecule has 0 saturated carbocycles. The van der Waals surface area contributed by atoms with E-state index in [1.807, 2.05) is 18.2 Å². The number of hydrogen-bond acceptors (Lipinski definition) is 4. The van der Waals surface area contributed by atoms with E-state index in [0.717, 1.165) is 69.0 Å². The summed E-state index contributed by atoms with van der Waals surface area (Å²) in [7, 11) is 0. The van der Waals surface area contributed by atoms with Crippen molar-refractivity contribution in [3.8, 4) is 0 Å². The molecule has 0 unspecified atom stereocenters. The number of rotatable bonds is 7. The molecule has 2 aromatic rings. The first-order valence-corrected chi connectivity index (χ1v) is 11.9. The summed E-state index contributed by atoms with van der Waals surface area (Å²) in [5.74, 6) is 0.845. The van der Waals surface area contributed by atoms with E-state index in [4.69, 9.17) is 0 Å². The summed E-state index contributed by atoms with van der Waals surface area (Å²) in [5, 5.41) is 3.11. The molecular formula is C25H31N3OS. The predicted octanol–water partition coefficient (Wildman–Crippen LogP) is 4.20. The Labute approximate surface area is 184 Å². The normalized spacial score (nSPS) is 16.7. The van der Waals surface area contributed by atoms with E-state index in [1.54, 1.807) is 11.8 Å². The molecule has 0 aromatic heterocycles. The number of carbonyl (C=O) groups is 1. The van der Waals surface area contributed by atoms with Gasteiger partial charge in [-0.15, -0.1) is 11.8 Å². The number of carbonyl (C=O) groups excluding carboxylic acids is 1. The van der Waals surface area contributed by atoms with E-state index in [-0.39, 0.29) is 5.91 Å². The third-order valence-electron chi connectivity index (χ3n) is 5.94. The summed E-state index contributed by atoms with van der Waals surface area (Å²) in [6.07, 6.45) is 4.19. The second-order valence-electron chi connectivity index (χ2n) is 8.07. The maximum absolute atomic E-state index is 12.5. The molecule has 5 heteroatoms. The van der Waals surface area contributed by atoms with Gasteiger partial charge in [0.2, 0.25) is 5.91 Å². The van der Waals surface area contributed by atoms with E-state index in [0.29, 0.717) is 0 Å². The fraction of sp³-hybridized carbons (Fsp3) is 0.400. The number of para-hydroxylation sites is 1. The zero-order chi connectivity index (χ0) is 20.8. The molecule has 0 bridgehead atoms. The molecule has 0 spiro atoms. The van der Waals surface area contributed by atoms with Crippen molar-refractivity contribution in [2.75, 3.05) is 49.9 Å². The highest BCUT2D eigenvalue weighted by Crippen LogP contribution is 2.31. The van der Waals surface area contributed by atoms with Crippen LogP contribution in [0, 0.1) is 6.92 Å². The average Bonchev–Trinajstić information content (AvgIpc) is 2.79. The summed E-state index contributed by atoms with van der Waals surface area (Å²) in [6, 6.07) is 16.9. The maximum Gasteiger partial charge on any atom is 0.248 e. The number of nitrogens with zero attached hydrogens (tertiary/aromatic N) is 2. The minimum absolute atomic E-state index is 0.0869. The molecule has 4 rings (SSSR count). The van der Waals surface area contributed by atoms with Crippen LogP contribution in [0.2, 0.25) is 0 Å². The third-order valence-corrected chi connectivity index (χ3v) is 7.08. The van der Waals surface area contributed by atoms with Gasteiger partial charge in [0.05, 0.1) is 0 Å². The Balaban J connectivity index is 1.13. The van der Waals surface area contributed by atoms with Gasteiger partial charge < -0.3 is 10.2 Å². The lowest BCUT2D eigenvalue weighted by Gasteiger charge is -2.36. The van der Waals surface area contributed by atoms with Crippen LogP contribution in [0.5, 0.6) is 0 Å². The molecule has 1 N–H and O–H groups in total. The summed E-state index contributed by atoms with van der Waals surface area (Å²) in [4.78, 5) is 18.8. The highest BCUT2D eigenvalue weighted by Gasteiger charge is 2.18. The van der Waals surface area contributed by atoms with Crippen LogP contribution in [0.1, 0.15) is 24.0 Å². The van der Waals surface area contributed by atoms with Crippen molar-refractivity contribution in [1.29, 1.82) is 0 Å². The number of unbranched alkanes of at least 4 members (excludes halogenated alkanes) is 1. The molecule has 4 nitrogen and oxygen atoms in total. The van der Waals surface area contributed by atoms with Crippen LogP contribution in [-0.2, 0) is 4.79 Å². The molecular weight excluding hydrogens is 390 g/mol. The number of benzene rings is 2. The first-order valence-electron chi connectivity index (χ1n) is 10.9. The minimum Gasteiger partial charge on any atom is -0.369 e. The molecule has 0 aliphatic carbocycles. The van der Waals surface area contributed by atoms with Crippen LogP contribution in [0.25, 0.3) is 6.08 Å². The highest BCUT2D eigenvalue weighted by molar-refractivity contribution is 7.99. The topological polar surface area (TPSA) is 35.6 Å². The Morgan fingerprint density at radius 3 is 2.60 bits per heavy atom. The maximum atomic E-state index is 12.5. The van der Waals surface area contributed by atoms with E-state index in [1.165, 1.54) is 16.1 Å². The Hall–Kier alpha value is -2.24. The summed E-state index contributed by atoms with van der Waals surface area (Å²) in [5.41, 5.74) is 4.77. The van der Waals surface area contributed by atoms with E-state index in [2.05, 4.69) is 58.4 Å². The molecule has 2 aliphatic heterocycles. The fourth-order valence-corrected chi connectivity index (χ4v) is 5.15. The molecule has 1 amide bonds. The second kappa shape index (κ2) is 10.2. The van der Waals surface area contributed by atoms with Crippen molar-refractivity contribution in [2.45, 2.75) is 24.7 Å². The van der Waals surface area contributed by atoms with E-state index in [9.17, 15) is 4.79 Å². The van der Waals surface area contributed by atoms with Crippen LogP contribution < -0.4 is 10.2 Å². The number of hydrogen-bond donors (Lipinski definition) is 1. The Bertz CT molecular complexity index is 903. The Morgan fingerprint density at radius 1 is 1.00 bits per heavy atom.